The lowest BCUT2D eigenvalue weighted by molar-refractivity contribution is 0.0544. The number of rotatable bonds is 8. The molecule has 0 aliphatic carbocycles. The highest BCUT2D eigenvalue weighted by molar-refractivity contribution is 14.1. The fourth-order valence-corrected chi connectivity index (χ4v) is 1.70. The average Bonchev–Trinajstić information content (AvgIpc) is 2.41. The van der Waals surface area contributed by atoms with Gasteiger partial charge in [-0.2, -0.15) is 8.42 Å². The third-order valence-corrected chi connectivity index (χ3v) is 3.06. The van der Waals surface area contributed by atoms with Crippen LogP contribution >= 0.6 is 21.2 Å². The Bertz CT molecular complexity index is 486. The molecule has 0 aliphatic rings. The molecule has 0 saturated heterocycles. The minimum absolute atomic E-state index is 0.509. The summed E-state index contributed by atoms with van der Waals surface area (Å²) < 4.78 is 45.4. The smallest absolute Gasteiger partial charge is 0.271 e. The summed E-state index contributed by atoms with van der Waals surface area (Å²) in [5, 5.41) is 8.21. The Labute approximate surface area is 134 Å². The average molecular weight is 434 g/mol. The molecule has 0 aliphatic heterocycles. The third kappa shape index (κ3) is 15.5. The van der Waals surface area contributed by atoms with E-state index in [0.717, 1.165) is 9.32 Å². The van der Waals surface area contributed by atoms with Crippen molar-refractivity contribution in [3.05, 3.63) is 27.8 Å². The van der Waals surface area contributed by atoms with Gasteiger partial charge in [-0.15, -0.1) is 0 Å². The first kappa shape index (κ1) is 20.3. The first-order chi connectivity index (χ1) is 9.86. The maximum Gasteiger partial charge on any atom is 0.271 e. The zero-order chi connectivity index (χ0) is 16.1. The molecule has 10 heteroatoms. The molecular formula is C11H19IN2O6S. The van der Waals surface area contributed by atoms with Crippen LogP contribution in [0, 0.1) is 3.57 Å². The van der Waals surface area contributed by atoms with Gasteiger partial charge in [-0.3, -0.25) is 3.07 Å². The van der Waals surface area contributed by atoms with E-state index in [1.165, 1.54) is 0 Å². The minimum Gasteiger partial charge on any atom is -0.491 e. The number of halogens is 1. The van der Waals surface area contributed by atoms with Crippen LogP contribution in [-0.4, -0.2) is 42.0 Å². The highest BCUT2D eigenvalue weighted by Crippen LogP contribution is 2.15. The van der Waals surface area contributed by atoms with Crippen LogP contribution in [0.25, 0.3) is 0 Å². The number of hydrogen-bond acceptors (Lipinski definition) is 6. The summed E-state index contributed by atoms with van der Waals surface area (Å²) in [6, 6.07) is 7.28. The monoisotopic (exact) mass is 434 g/mol. The Morgan fingerprint density at radius 2 is 1.57 bits per heavy atom. The molecule has 1 aromatic rings. The molecule has 0 heterocycles. The first-order valence-corrected chi connectivity index (χ1v) is 9.31. The zero-order valence-electron chi connectivity index (χ0n) is 11.5. The van der Waals surface area contributed by atoms with Gasteiger partial charge in [0.2, 0.25) is 0 Å². The van der Waals surface area contributed by atoms with E-state index >= 15 is 0 Å². The summed E-state index contributed by atoms with van der Waals surface area (Å²) in [5.74, 6) is 0.775. The summed E-state index contributed by atoms with van der Waals surface area (Å²) in [7, 11) is -2.03. The van der Waals surface area contributed by atoms with Crippen molar-refractivity contribution in [3.8, 4) is 5.75 Å². The summed E-state index contributed by atoms with van der Waals surface area (Å²) in [6.45, 7) is 2.23. The Morgan fingerprint density at radius 3 is 2.05 bits per heavy atom. The third-order valence-electron chi connectivity index (χ3n) is 1.83. The molecule has 4 N–H and O–H groups in total. The molecule has 8 nitrogen and oxygen atoms in total. The van der Waals surface area contributed by atoms with Gasteiger partial charge >= 0.3 is 0 Å². The van der Waals surface area contributed by atoms with Crippen LogP contribution in [-0.2, 0) is 22.8 Å². The van der Waals surface area contributed by atoms with Crippen LogP contribution in [0.2, 0.25) is 0 Å². The molecule has 1 aromatic carbocycles. The highest BCUT2D eigenvalue weighted by Gasteiger charge is 1.95. The molecule has 21 heavy (non-hydrogen) atoms. The van der Waals surface area contributed by atoms with Crippen molar-refractivity contribution >= 4 is 31.4 Å². The molecule has 0 atom stereocenters. The summed E-state index contributed by atoms with van der Waals surface area (Å²) in [4.78, 5) is 0. The molecule has 0 spiro atoms. The second-order valence-electron chi connectivity index (χ2n) is 3.57. The fraction of sp³-hybridized carbons (Fsp3) is 0.455. The van der Waals surface area contributed by atoms with E-state index in [2.05, 4.69) is 10.3 Å². The fourth-order valence-electron chi connectivity index (χ4n) is 1.05. The molecule has 0 saturated carbocycles. The Balaban J connectivity index is 0.000000690. The van der Waals surface area contributed by atoms with Crippen LogP contribution in [0.1, 0.15) is 0 Å². The van der Waals surface area contributed by atoms with Gasteiger partial charge in [-0.1, -0.05) is 0 Å². The highest BCUT2D eigenvalue weighted by atomic mass is 127. The van der Waals surface area contributed by atoms with Gasteiger partial charge in [-0.25, -0.2) is 10.3 Å². The molecule has 0 amide bonds. The van der Waals surface area contributed by atoms with Gasteiger partial charge in [0.15, 0.2) is 21.2 Å². The number of hydrogen-bond donors (Lipinski definition) is 2. The number of nitrogens with two attached hydrogens (primary N) is 2. The lowest BCUT2D eigenvalue weighted by Gasteiger charge is -2.06. The topological polar surface area (TPSA) is 131 Å². The number of benzene rings is 1. The molecule has 0 fully saturated rings. The Hall–Kier alpha value is -0.660. The molecular weight excluding hydrogens is 415 g/mol. The van der Waals surface area contributed by atoms with Crippen LogP contribution in [0.3, 0.4) is 0 Å². The largest absolute Gasteiger partial charge is 0.491 e. The predicted octanol–water partition coefficient (Wildman–Crippen LogP) is 0.363. The predicted molar refractivity (Wildman–Crippen MR) is 85.3 cm³/mol. The van der Waals surface area contributed by atoms with E-state index in [9.17, 15) is 11.5 Å². The Kier molecular flexibility index (Phi) is 11.6. The van der Waals surface area contributed by atoms with Gasteiger partial charge in [0.25, 0.3) is 10.2 Å². The van der Waals surface area contributed by atoms with E-state index in [0.29, 0.717) is 26.4 Å². The van der Waals surface area contributed by atoms with Crippen molar-refractivity contribution in [2.75, 3.05) is 33.5 Å². The quantitative estimate of drug-likeness (QED) is 0.449. The van der Waals surface area contributed by atoms with E-state index in [4.69, 9.17) is 14.2 Å². The lowest BCUT2D eigenvalue weighted by Crippen LogP contribution is -2.21. The second-order valence-corrected chi connectivity index (χ2v) is 6.44. The minimum atomic E-state index is -3.67. The van der Waals surface area contributed by atoms with Crippen molar-refractivity contribution in [1.29, 1.82) is 0 Å². The van der Waals surface area contributed by atoms with Gasteiger partial charge in [0.1, 0.15) is 12.4 Å². The van der Waals surface area contributed by atoms with E-state index < -0.39 is 31.4 Å². The molecule has 1 rings (SSSR count). The van der Waals surface area contributed by atoms with Crippen molar-refractivity contribution in [1.82, 2.24) is 0 Å². The standard InChI is InChI=1S/C11H15IO4.H4N2O2S/c1-14-6-7-15-8-9-16-11-4-2-10(12-13)3-5-11;1-5(2,3)4/h2-5H,6-9H2,1H3;(H4,1,2,3,4). The first-order valence-electron chi connectivity index (χ1n) is 5.74. The van der Waals surface area contributed by atoms with Crippen LogP contribution in [0.5, 0.6) is 5.75 Å². The summed E-state index contributed by atoms with van der Waals surface area (Å²) in [6.07, 6.45) is 0. The van der Waals surface area contributed by atoms with Gasteiger partial charge < -0.3 is 14.2 Å². The summed E-state index contributed by atoms with van der Waals surface area (Å²) in [5.41, 5.74) is 0. The Morgan fingerprint density at radius 1 is 1.05 bits per heavy atom. The van der Waals surface area contributed by atoms with E-state index in [1.807, 2.05) is 24.3 Å². The van der Waals surface area contributed by atoms with Gasteiger partial charge in [0.05, 0.1) is 19.8 Å². The van der Waals surface area contributed by atoms with Gasteiger partial charge in [-0.05, 0) is 24.3 Å². The zero-order valence-corrected chi connectivity index (χ0v) is 14.5. The SMILES string of the molecule is COCCOCCOc1ccc(I=O)cc1.NS(N)(=O)=O. The van der Waals surface area contributed by atoms with Gasteiger partial charge in [0, 0.05) is 10.7 Å². The van der Waals surface area contributed by atoms with Crippen molar-refractivity contribution < 1.29 is 25.7 Å². The van der Waals surface area contributed by atoms with E-state index in [1.54, 1.807) is 7.11 Å². The number of methoxy groups -OCH3 is 1. The van der Waals surface area contributed by atoms with E-state index in [-0.39, 0.29) is 0 Å². The van der Waals surface area contributed by atoms with Crippen molar-refractivity contribution in [2.24, 2.45) is 10.3 Å². The molecule has 0 unspecified atom stereocenters. The van der Waals surface area contributed by atoms with Crippen LogP contribution in [0.4, 0.5) is 0 Å². The maximum atomic E-state index is 10.6. The second kappa shape index (κ2) is 11.9. The molecule has 0 bridgehead atoms. The molecule has 0 radical (unpaired) electrons. The number of ether oxygens (including phenoxy) is 3. The molecule has 0 aromatic heterocycles. The van der Waals surface area contributed by atoms with Crippen molar-refractivity contribution in [2.45, 2.75) is 0 Å². The lowest BCUT2D eigenvalue weighted by atomic mass is 10.3. The maximum absolute atomic E-state index is 10.6. The summed E-state index contributed by atoms with van der Waals surface area (Å²) >= 11 is -1.07. The molecule has 122 valence electrons. The van der Waals surface area contributed by atoms with Crippen molar-refractivity contribution in [3.63, 3.8) is 0 Å². The van der Waals surface area contributed by atoms with Crippen LogP contribution in [0.15, 0.2) is 24.3 Å². The van der Waals surface area contributed by atoms with Crippen LogP contribution < -0.4 is 15.0 Å². The normalized spacial score (nSPS) is 10.6.